The van der Waals surface area contributed by atoms with Gasteiger partial charge in [0.25, 0.3) is 10.0 Å². The van der Waals surface area contributed by atoms with Gasteiger partial charge in [0, 0.05) is 0 Å². The zero-order valence-electron chi connectivity index (χ0n) is 13.7. The van der Waals surface area contributed by atoms with Gasteiger partial charge in [0.1, 0.15) is 15.7 Å². The second kappa shape index (κ2) is 7.64. The maximum atomic E-state index is 12.8. The smallest absolute Gasteiger partial charge is 0.263 e. The molecule has 0 bridgehead atoms. The molecule has 0 saturated carbocycles. The zero-order valence-corrected chi connectivity index (χ0v) is 16.0. The molecule has 2 rings (SSSR count). The van der Waals surface area contributed by atoms with E-state index in [9.17, 15) is 8.42 Å². The van der Waals surface area contributed by atoms with Crippen LogP contribution in [-0.2, 0) is 22.9 Å². The lowest BCUT2D eigenvalue weighted by atomic mass is 10.0. The molecule has 0 radical (unpaired) electrons. The summed E-state index contributed by atoms with van der Waals surface area (Å²) in [5, 5.41) is 0.0112. The Morgan fingerprint density at radius 3 is 2.08 bits per heavy atom. The summed E-state index contributed by atoms with van der Waals surface area (Å²) in [5.41, 5.74) is 2.45. The summed E-state index contributed by atoms with van der Waals surface area (Å²) in [6, 6.07) is 8.59. The van der Waals surface area contributed by atoms with Crippen molar-refractivity contribution in [3.63, 3.8) is 0 Å². The summed E-state index contributed by atoms with van der Waals surface area (Å²) in [6.07, 6.45) is 1.42. The minimum absolute atomic E-state index is 0.0597. The number of ether oxygens (including phenoxy) is 1. The molecule has 24 heavy (non-hydrogen) atoms. The fraction of sp³-hybridized carbons (Fsp3) is 0.294. The van der Waals surface area contributed by atoms with Crippen LogP contribution in [-0.4, -0.2) is 15.5 Å². The number of sulfonamides is 1. The van der Waals surface area contributed by atoms with Crippen molar-refractivity contribution in [2.45, 2.75) is 31.6 Å². The van der Waals surface area contributed by atoms with Crippen LogP contribution in [0.1, 0.15) is 25.0 Å². The summed E-state index contributed by atoms with van der Waals surface area (Å²) in [6.45, 7) is 3.95. The Morgan fingerprint density at radius 1 is 1.00 bits per heavy atom. The van der Waals surface area contributed by atoms with Gasteiger partial charge in [-0.15, -0.1) is 0 Å². The van der Waals surface area contributed by atoms with Crippen LogP contribution in [0.2, 0.25) is 10.0 Å². The Hall–Kier alpha value is -1.43. The lowest BCUT2D eigenvalue weighted by Crippen LogP contribution is -2.16. The molecule has 0 unspecified atom stereocenters. The van der Waals surface area contributed by atoms with Crippen molar-refractivity contribution in [1.29, 1.82) is 0 Å². The molecule has 1 N–H and O–H groups in total. The van der Waals surface area contributed by atoms with Crippen molar-refractivity contribution < 1.29 is 13.2 Å². The molecule has 0 aliphatic heterocycles. The van der Waals surface area contributed by atoms with Gasteiger partial charge >= 0.3 is 0 Å². The van der Waals surface area contributed by atoms with Crippen LogP contribution in [0.4, 0.5) is 5.69 Å². The number of halogens is 2. The Balaban J connectivity index is 2.53. The van der Waals surface area contributed by atoms with Crippen LogP contribution < -0.4 is 9.46 Å². The lowest BCUT2D eigenvalue weighted by molar-refractivity contribution is 0.414. The number of hydrogen-bond acceptors (Lipinski definition) is 3. The number of aryl methyl sites for hydroxylation is 2. The summed E-state index contributed by atoms with van der Waals surface area (Å²) in [5.74, 6) is 0.323. The van der Waals surface area contributed by atoms with Crippen LogP contribution >= 0.6 is 23.2 Å². The van der Waals surface area contributed by atoms with E-state index in [1.807, 2.05) is 32.0 Å². The van der Waals surface area contributed by atoms with Crippen molar-refractivity contribution in [1.82, 2.24) is 0 Å². The zero-order chi connectivity index (χ0) is 17.9. The normalized spacial score (nSPS) is 11.4. The average molecular weight is 388 g/mol. The van der Waals surface area contributed by atoms with Crippen LogP contribution in [0.25, 0.3) is 0 Å². The predicted octanol–water partition coefficient (Wildman–Crippen LogP) is 4.93. The third kappa shape index (κ3) is 3.63. The van der Waals surface area contributed by atoms with E-state index < -0.39 is 10.0 Å². The Bertz CT molecular complexity index is 829. The molecule has 7 heteroatoms. The van der Waals surface area contributed by atoms with Crippen LogP contribution in [0.15, 0.2) is 35.2 Å². The predicted molar refractivity (Wildman–Crippen MR) is 99.0 cm³/mol. The van der Waals surface area contributed by atoms with Crippen molar-refractivity contribution in [3.05, 3.63) is 51.5 Å². The fourth-order valence-electron chi connectivity index (χ4n) is 2.44. The standard InChI is InChI=1S/C17H19Cl2NO3S/c1-4-11-7-6-8-12(5-2)17(11)20-24(21,22)14-10-9-13(23-3)15(18)16(14)19/h6-10,20H,4-5H2,1-3H3. The Labute approximate surface area is 152 Å². The molecule has 0 amide bonds. The first-order chi connectivity index (χ1) is 11.4. The molecule has 0 saturated heterocycles. The molecule has 0 aliphatic rings. The van der Waals surface area contributed by atoms with E-state index in [0.717, 1.165) is 11.1 Å². The molecular formula is C17H19Cl2NO3S. The van der Waals surface area contributed by atoms with Crippen molar-refractivity contribution >= 4 is 38.9 Å². The largest absolute Gasteiger partial charge is 0.495 e. The topological polar surface area (TPSA) is 55.4 Å². The Kier molecular flexibility index (Phi) is 6.01. The summed E-state index contributed by atoms with van der Waals surface area (Å²) in [7, 11) is -2.44. The highest BCUT2D eigenvalue weighted by atomic mass is 35.5. The third-order valence-corrected chi connectivity index (χ3v) is 6.12. The molecule has 0 fully saturated rings. The molecular weight excluding hydrogens is 369 g/mol. The van der Waals surface area contributed by atoms with Gasteiger partial charge < -0.3 is 4.74 Å². The average Bonchev–Trinajstić information content (AvgIpc) is 2.56. The van der Waals surface area contributed by atoms with Crippen LogP contribution in [0.5, 0.6) is 5.75 Å². The number of benzene rings is 2. The van der Waals surface area contributed by atoms with E-state index in [2.05, 4.69) is 4.72 Å². The minimum Gasteiger partial charge on any atom is -0.495 e. The first-order valence-electron chi connectivity index (χ1n) is 7.51. The molecule has 0 spiro atoms. The molecule has 4 nitrogen and oxygen atoms in total. The fourth-order valence-corrected chi connectivity index (χ4v) is 4.43. The third-order valence-electron chi connectivity index (χ3n) is 3.76. The molecule has 0 aromatic heterocycles. The highest BCUT2D eigenvalue weighted by Crippen LogP contribution is 2.37. The monoisotopic (exact) mass is 387 g/mol. The lowest BCUT2D eigenvalue weighted by Gasteiger charge is -2.17. The first kappa shape index (κ1) is 18.9. The van der Waals surface area contributed by atoms with Gasteiger partial charge in [-0.25, -0.2) is 8.42 Å². The molecule has 130 valence electrons. The number of methoxy groups -OCH3 is 1. The van der Waals surface area contributed by atoms with E-state index in [1.54, 1.807) is 0 Å². The summed E-state index contributed by atoms with van der Waals surface area (Å²) < 4.78 is 33.4. The van der Waals surface area contributed by atoms with Gasteiger partial charge in [0.15, 0.2) is 0 Å². The van der Waals surface area contributed by atoms with E-state index in [1.165, 1.54) is 19.2 Å². The number of rotatable bonds is 6. The van der Waals surface area contributed by atoms with E-state index >= 15 is 0 Å². The maximum absolute atomic E-state index is 12.8. The summed E-state index contributed by atoms with van der Waals surface area (Å²) in [4.78, 5) is -0.0806. The second-order valence-corrected chi connectivity index (χ2v) is 7.56. The minimum atomic E-state index is -3.88. The summed E-state index contributed by atoms with van der Waals surface area (Å²) >= 11 is 12.2. The number of hydrogen-bond donors (Lipinski definition) is 1. The number of anilines is 1. The van der Waals surface area contributed by atoms with Crippen LogP contribution in [0, 0.1) is 0 Å². The SMILES string of the molecule is CCc1cccc(CC)c1NS(=O)(=O)c1ccc(OC)c(Cl)c1Cl. The molecule has 2 aromatic carbocycles. The van der Waals surface area contributed by atoms with Gasteiger partial charge in [0.2, 0.25) is 0 Å². The second-order valence-electron chi connectivity index (χ2n) is 5.16. The van der Waals surface area contributed by atoms with E-state index in [0.29, 0.717) is 24.3 Å². The highest BCUT2D eigenvalue weighted by molar-refractivity contribution is 7.92. The molecule has 2 aromatic rings. The van der Waals surface area contributed by atoms with Gasteiger partial charge in [-0.05, 0) is 36.1 Å². The van der Waals surface area contributed by atoms with Crippen molar-refractivity contribution in [2.75, 3.05) is 11.8 Å². The molecule has 0 aliphatic carbocycles. The van der Waals surface area contributed by atoms with E-state index in [4.69, 9.17) is 27.9 Å². The van der Waals surface area contributed by atoms with Crippen molar-refractivity contribution in [3.8, 4) is 5.75 Å². The van der Waals surface area contributed by atoms with Gasteiger partial charge in [-0.1, -0.05) is 55.2 Å². The quantitative estimate of drug-likeness (QED) is 0.764. The van der Waals surface area contributed by atoms with Gasteiger partial charge in [-0.3, -0.25) is 4.72 Å². The number of nitrogens with one attached hydrogen (secondary N) is 1. The molecule has 0 atom stereocenters. The van der Waals surface area contributed by atoms with Gasteiger partial charge in [0.05, 0.1) is 17.8 Å². The van der Waals surface area contributed by atoms with Crippen LogP contribution in [0.3, 0.4) is 0 Å². The first-order valence-corrected chi connectivity index (χ1v) is 9.75. The number of para-hydroxylation sites is 1. The highest BCUT2D eigenvalue weighted by Gasteiger charge is 2.23. The Morgan fingerprint density at radius 2 is 1.58 bits per heavy atom. The van der Waals surface area contributed by atoms with Crippen molar-refractivity contribution in [2.24, 2.45) is 0 Å². The van der Waals surface area contributed by atoms with Gasteiger partial charge in [-0.2, -0.15) is 0 Å². The van der Waals surface area contributed by atoms with E-state index in [-0.39, 0.29) is 14.9 Å². The maximum Gasteiger partial charge on any atom is 0.263 e. The molecule has 0 heterocycles.